The average Bonchev–Trinajstić information content (AvgIpc) is 2.38. The number of hydrogen-bond donors (Lipinski definition) is 0. The second-order valence-corrected chi connectivity index (χ2v) is 4.69. The lowest BCUT2D eigenvalue weighted by Crippen LogP contribution is -2.00. The molecule has 0 spiro atoms. The highest BCUT2D eigenvalue weighted by Gasteiger charge is 2.05. The Hall–Kier alpha value is -1.01. The molecule has 0 nitrogen and oxygen atoms in total. The van der Waals surface area contributed by atoms with Gasteiger partial charge in [0, 0.05) is 10.6 Å². The summed E-state index contributed by atoms with van der Waals surface area (Å²) in [6, 6.07) is 6.49. The zero-order valence-electron chi connectivity index (χ0n) is 11.4. The lowest BCUT2D eigenvalue weighted by Gasteiger charge is -2.04. The van der Waals surface area contributed by atoms with E-state index in [0.29, 0.717) is 10.6 Å². The van der Waals surface area contributed by atoms with E-state index in [0.717, 1.165) is 6.42 Å². The fourth-order valence-corrected chi connectivity index (χ4v) is 2.23. The highest BCUT2D eigenvalue weighted by molar-refractivity contribution is 7.52. The fourth-order valence-electron chi connectivity index (χ4n) is 1.19. The van der Waals surface area contributed by atoms with Crippen LogP contribution in [-0.4, -0.2) is 0 Å². The third kappa shape index (κ3) is 6.07. The van der Waals surface area contributed by atoms with Crippen LogP contribution in [0.3, 0.4) is 0 Å². The summed E-state index contributed by atoms with van der Waals surface area (Å²) in [5.74, 6) is -0.518. The minimum absolute atomic E-state index is 0.0274. The second-order valence-electron chi connectivity index (χ2n) is 3.36. The zero-order chi connectivity index (χ0) is 14.0. The van der Waals surface area contributed by atoms with E-state index < -0.39 is 0 Å². The lowest BCUT2D eigenvalue weighted by molar-refractivity contribution is 0.635. The summed E-state index contributed by atoms with van der Waals surface area (Å²) in [4.78, 5) is 0. The molecule has 0 aromatic heterocycles. The molecular weight excluding hydrogens is 249 g/mol. The van der Waals surface area contributed by atoms with Gasteiger partial charge in [0.2, 0.25) is 0 Å². The predicted octanol–water partition coefficient (Wildman–Crippen LogP) is 5.32. The largest absolute Gasteiger partial charge is 0.211 e. The predicted molar refractivity (Wildman–Crippen MR) is 78.9 cm³/mol. The van der Waals surface area contributed by atoms with E-state index in [1.54, 1.807) is 24.3 Å². The molecule has 0 N–H and O–H groups in total. The SMILES string of the molecule is CC.CC/C=C\C(Pc1ccccc1F)=C(/C)F. The molecule has 1 rings (SSSR count). The van der Waals surface area contributed by atoms with Crippen molar-refractivity contribution in [3.05, 3.63) is 53.4 Å². The monoisotopic (exact) mass is 270 g/mol. The topological polar surface area (TPSA) is 0 Å². The Kier molecular flexibility index (Phi) is 9.40. The first-order chi connectivity index (χ1) is 8.65. The molecule has 1 unspecified atom stereocenters. The Balaban J connectivity index is 0.00000137. The van der Waals surface area contributed by atoms with Crippen LogP contribution in [0.25, 0.3) is 0 Å². The van der Waals surface area contributed by atoms with E-state index in [4.69, 9.17) is 0 Å². The van der Waals surface area contributed by atoms with Crippen molar-refractivity contribution in [3.63, 3.8) is 0 Å². The van der Waals surface area contributed by atoms with E-state index in [1.165, 1.54) is 13.0 Å². The van der Waals surface area contributed by atoms with E-state index in [-0.39, 0.29) is 20.2 Å². The van der Waals surface area contributed by atoms with Gasteiger partial charge in [-0.25, -0.2) is 8.78 Å². The maximum absolute atomic E-state index is 13.4. The van der Waals surface area contributed by atoms with Gasteiger partial charge in [-0.2, -0.15) is 0 Å². The Morgan fingerprint density at radius 3 is 2.39 bits per heavy atom. The summed E-state index contributed by atoms with van der Waals surface area (Å²) in [7, 11) is 0.0274. The van der Waals surface area contributed by atoms with Crippen LogP contribution in [-0.2, 0) is 0 Å². The average molecular weight is 270 g/mol. The quantitative estimate of drug-likeness (QED) is 0.513. The van der Waals surface area contributed by atoms with Crippen LogP contribution in [0.2, 0.25) is 0 Å². The second kappa shape index (κ2) is 9.96. The van der Waals surface area contributed by atoms with Gasteiger partial charge in [-0.15, -0.1) is 0 Å². The smallest absolute Gasteiger partial charge is 0.130 e. The van der Waals surface area contributed by atoms with Crippen LogP contribution in [0.15, 0.2) is 47.6 Å². The first kappa shape index (κ1) is 17.0. The van der Waals surface area contributed by atoms with E-state index >= 15 is 0 Å². The number of benzene rings is 1. The summed E-state index contributed by atoms with van der Waals surface area (Å²) in [6.07, 6.45) is 4.46. The Morgan fingerprint density at radius 1 is 1.28 bits per heavy atom. The van der Waals surface area contributed by atoms with Gasteiger partial charge in [0.15, 0.2) is 0 Å². The highest BCUT2D eigenvalue weighted by atomic mass is 31.1. The van der Waals surface area contributed by atoms with Crippen LogP contribution in [0.5, 0.6) is 0 Å². The number of allylic oxidation sites excluding steroid dienone is 4. The molecule has 1 aromatic carbocycles. The molecule has 0 radical (unpaired) electrons. The van der Waals surface area contributed by atoms with Gasteiger partial charge in [0.25, 0.3) is 0 Å². The van der Waals surface area contributed by atoms with Gasteiger partial charge in [-0.1, -0.05) is 59.7 Å². The normalized spacial score (nSPS) is 12.6. The van der Waals surface area contributed by atoms with Crippen LogP contribution >= 0.6 is 8.58 Å². The molecule has 0 fully saturated rings. The number of hydrogen-bond acceptors (Lipinski definition) is 0. The molecule has 0 heterocycles. The summed E-state index contributed by atoms with van der Waals surface area (Å²) >= 11 is 0. The van der Waals surface area contributed by atoms with E-state index in [9.17, 15) is 8.78 Å². The fraction of sp³-hybridized carbons (Fsp3) is 0.333. The molecule has 0 bridgehead atoms. The van der Waals surface area contributed by atoms with Crippen molar-refractivity contribution in [1.82, 2.24) is 0 Å². The first-order valence-electron chi connectivity index (χ1n) is 6.19. The van der Waals surface area contributed by atoms with Gasteiger partial charge in [0.1, 0.15) is 11.6 Å². The first-order valence-corrected chi connectivity index (χ1v) is 7.19. The molecule has 1 aromatic rings. The summed E-state index contributed by atoms with van der Waals surface area (Å²) in [5.41, 5.74) is 0. The molecule has 0 saturated carbocycles. The molecule has 3 heteroatoms. The van der Waals surface area contributed by atoms with Gasteiger partial charge in [-0.05, 0) is 19.4 Å². The van der Waals surface area contributed by atoms with Crippen LogP contribution in [0.1, 0.15) is 34.1 Å². The van der Waals surface area contributed by atoms with Crippen molar-refractivity contribution in [2.45, 2.75) is 34.1 Å². The molecule has 1 atom stereocenters. The maximum Gasteiger partial charge on any atom is 0.130 e. The Morgan fingerprint density at radius 2 is 1.89 bits per heavy atom. The molecular formula is C15H21F2P. The highest BCUT2D eigenvalue weighted by Crippen LogP contribution is 2.29. The molecule has 0 saturated heterocycles. The lowest BCUT2D eigenvalue weighted by atomic mass is 10.3. The molecule has 0 aliphatic rings. The third-order valence-electron chi connectivity index (χ3n) is 2.03. The number of rotatable bonds is 4. The van der Waals surface area contributed by atoms with Crippen molar-refractivity contribution >= 4 is 13.9 Å². The van der Waals surface area contributed by atoms with Gasteiger partial charge >= 0.3 is 0 Å². The summed E-state index contributed by atoms with van der Waals surface area (Å²) < 4.78 is 26.6. The molecule has 18 heavy (non-hydrogen) atoms. The van der Waals surface area contributed by atoms with Crippen LogP contribution < -0.4 is 5.30 Å². The van der Waals surface area contributed by atoms with E-state index in [1.807, 2.05) is 26.8 Å². The molecule has 0 amide bonds. The minimum Gasteiger partial charge on any atom is -0.211 e. The van der Waals surface area contributed by atoms with Crippen molar-refractivity contribution in [2.75, 3.05) is 0 Å². The van der Waals surface area contributed by atoms with Crippen LogP contribution in [0, 0.1) is 5.82 Å². The Bertz CT molecular complexity index is 405. The van der Waals surface area contributed by atoms with Crippen molar-refractivity contribution < 1.29 is 8.78 Å². The van der Waals surface area contributed by atoms with Gasteiger partial charge < -0.3 is 0 Å². The standard InChI is InChI=1S/C13H15F2P.C2H6/c1-3-4-8-12(10(2)14)16-13-9-6-5-7-11(13)15;1-2/h4-9,16H,3H2,1-2H3;1-2H3/b8-4-,12-10-;. The van der Waals surface area contributed by atoms with Crippen molar-refractivity contribution in [1.29, 1.82) is 0 Å². The Labute approximate surface area is 111 Å². The van der Waals surface area contributed by atoms with Gasteiger partial charge in [-0.3, -0.25) is 0 Å². The summed E-state index contributed by atoms with van der Waals surface area (Å²) in [5, 5.41) is 1.11. The van der Waals surface area contributed by atoms with Crippen LogP contribution in [0.4, 0.5) is 8.78 Å². The third-order valence-corrected chi connectivity index (χ3v) is 3.49. The van der Waals surface area contributed by atoms with Crippen molar-refractivity contribution in [3.8, 4) is 0 Å². The maximum atomic E-state index is 13.4. The minimum atomic E-state index is -0.274. The molecule has 0 aliphatic carbocycles. The zero-order valence-corrected chi connectivity index (χ0v) is 12.4. The summed E-state index contributed by atoms with van der Waals surface area (Å²) in [6.45, 7) is 7.39. The number of halogens is 2. The molecule has 0 aliphatic heterocycles. The van der Waals surface area contributed by atoms with Crippen molar-refractivity contribution in [2.24, 2.45) is 0 Å². The van der Waals surface area contributed by atoms with E-state index in [2.05, 4.69) is 0 Å². The molecule has 100 valence electrons. The van der Waals surface area contributed by atoms with Gasteiger partial charge in [0.05, 0.1) is 0 Å².